The average Bonchev–Trinajstić information content (AvgIpc) is 3.15. The van der Waals surface area contributed by atoms with E-state index in [1.54, 1.807) is 28.7 Å². The number of benzene rings is 1. The zero-order valence-electron chi connectivity index (χ0n) is 13.5. The van der Waals surface area contributed by atoms with Crippen molar-refractivity contribution in [3.05, 3.63) is 59.3 Å². The van der Waals surface area contributed by atoms with Crippen molar-refractivity contribution in [3.8, 4) is 0 Å². The maximum absolute atomic E-state index is 13.0. The van der Waals surface area contributed by atoms with Crippen LogP contribution in [-0.2, 0) is 17.6 Å². The van der Waals surface area contributed by atoms with Gasteiger partial charge in [0.05, 0.1) is 5.41 Å². The number of rotatable bonds is 2. The zero-order chi connectivity index (χ0) is 16.7. The van der Waals surface area contributed by atoms with E-state index >= 15 is 0 Å². The Bertz CT molecular complexity index is 828. The largest absolute Gasteiger partial charge is 0.296 e. The van der Waals surface area contributed by atoms with Gasteiger partial charge in [0, 0.05) is 18.3 Å². The third kappa shape index (κ3) is 2.79. The van der Waals surface area contributed by atoms with Crippen molar-refractivity contribution in [2.24, 2.45) is 5.41 Å². The van der Waals surface area contributed by atoms with Crippen molar-refractivity contribution >= 4 is 31.1 Å². The first-order valence-electron chi connectivity index (χ1n) is 7.92. The number of nitrogens with one attached hydrogen (secondary N) is 1. The van der Waals surface area contributed by atoms with Crippen LogP contribution in [0, 0.1) is 5.41 Å². The number of carbonyl (C=O) groups excluding carboxylic acids is 2. The van der Waals surface area contributed by atoms with Crippen LogP contribution in [0.15, 0.2) is 42.6 Å². The summed E-state index contributed by atoms with van der Waals surface area (Å²) in [7, 11) is 0. The lowest BCUT2D eigenvalue weighted by molar-refractivity contribution is -0.125. The molecule has 25 heavy (non-hydrogen) atoms. The van der Waals surface area contributed by atoms with Gasteiger partial charge in [-0.25, -0.2) is 10.5 Å². The van der Waals surface area contributed by atoms with E-state index in [1.807, 2.05) is 24.3 Å². The molecule has 1 saturated heterocycles. The van der Waals surface area contributed by atoms with Gasteiger partial charge in [0.15, 0.2) is 0 Å². The second-order valence-corrected chi connectivity index (χ2v) is 6.45. The van der Waals surface area contributed by atoms with Gasteiger partial charge in [0.25, 0.3) is 5.91 Å². The lowest BCUT2D eigenvalue weighted by Crippen LogP contribution is -2.35. The van der Waals surface area contributed by atoms with E-state index < -0.39 is 11.3 Å². The summed E-state index contributed by atoms with van der Waals surface area (Å²) in [6.45, 7) is 0.661. The van der Waals surface area contributed by atoms with E-state index in [-0.39, 0.29) is 19.4 Å². The Labute approximate surface area is 152 Å². The third-order valence-electron chi connectivity index (χ3n) is 5.07. The number of aromatic nitrogens is 1. The number of anilines is 1. The summed E-state index contributed by atoms with van der Waals surface area (Å²) in [4.78, 5) is 30.7. The second kappa shape index (κ2) is 6.50. The molecule has 0 radical (unpaired) electrons. The lowest BCUT2D eigenvalue weighted by atomic mass is 9.83. The maximum atomic E-state index is 13.0. The van der Waals surface area contributed by atoms with Crippen LogP contribution in [-0.4, -0.2) is 28.6 Å². The number of amides is 2. The molecule has 1 aromatic heterocycles. The summed E-state index contributed by atoms with van der Waals surface area (Å²) >= 11 is 0. The first-order chi connectivity index (χ1) is 11.6. The highest BCUT2D eigenvalue weighted by Crippen LogP contribution is 2.45. The fourth-order valence-corrected chi connectivity index (χ4v) is 3.84. The molecule has 0 unspecified atom stereocenters. The van der Waals surface area contributed by atoms with E-state index in [0.29, 0.717) is 30.8 Å². The summed E-state index contributed by atoms with van der Waals surface area (Å²) in [5.74, 6) is 0.257. The first kappa shape index (κ1) is 17.4. The molecule has 1 atom stereocenters. The number of hydrogen-bond donors (Lipinski definition) is 2. The van der Waals surface area contributed by atoms with Crippen LogP contribution < -0.4 is 10.4 Å². The Morgan fingerprint density at radius 3 is 2.72 bits per heavy atom. The summed E-state index contributed by atoms with van der Waals surface area (Å²) in [6.07, 6.45) is 3.78. The topological polar surface area (TPSA) is 82.5 Å². The van der Waals surface area contributed by atoms with Crippen LogP contribution in [0.2, 0.25) is 0 Å². The molecular weight excluding hydrogens is 338 g/mol. The Kier molecular flexibility index (Phi) is 4.53. The van der Waals surface area contributed by atoms with Gasteiger partial charge in [0.2, 0.25) is 5.91 Å². The highest BCUT2D eigenvalue weighted by atomic mass is 32.1. The Morgan fingerprint density at radius 1 is 1.20 bits per heavy atom. The van der Waals surface area contributed by atoms with Crippen molar-refractivity contribution in [1.82, 2.24) is 10.5 Å². The average molecular weight is 357 g/mol. The van der Waals surface area contributed by atoms with Gasteiger partial charge in [-0.2, -0.15) is 13.5 Å². The van der Waals surface area contributed by atoms with E-state index in [0.717, 1.165) is 17.5 Å². The molecule has 1 spiro atoms. The number of carbonyl (C=O) groups is 2. The molecule has 1 fully saturated rings. The smallest absolute Gasteiger partial charge is 0.274 e. The SMILES string of the molecule is O=C(NO)c1ccc2c(c1)C[C@]1(CCN(c3ccccn3)C1=O)C2.S. The summed E-state index contributed by atoms with van der Waals surface area (Å²) in [5.41, 5.74) is 3.72. The molecule has 2 heterocycles. The molecule has 1 aliphatic carbocycles. The molecule has 2 aromatic rings. The van der Waals surface area contributed by atoms with Gasteiger partial charge in [-0.05, 0) is 54.7 Å². The van der Waals surface area contributed by atoms with Crippen molar-refractivity contribution in [1.29, 1.82) is 0 Å². The van der Waals surface area contributed by atoms with Gasteiger partial charge in [-0.3, -0.25) is 19.7 Å². The van der Waals surface area contributed by atoms with Gasteiger partial charge in [0.1, 0.15) is 5.82 Å². The van der Waals surface area contributed by atoms with Crippen molar-refractivity contribution in [3.63, 3.8) is 0 Å². The van der Waals surface area contributed by atoms with E-state index in [9.17, 15) is 9.59 Å². The Balaban J connectivity index is 0.00000182. The number of pyridine rings is 1. The highest BCUT2D eigenvalue weighted by molar-refractivity contribution is 7.59. The summed E-state index contributed by atoms with van der Waals surface area (Å²) < 4.78 is 0. The monoisotopic (exact) mass is 357 g/mol. The molecule has 7 heteroatoms. The number of hydroxylamine groups is 1. The highest BCUT2D eigenvalue weighted by Gasteiger charge is 2.50. The zero-order valence-corrected chi connectivity index (χ0v) is 14.5. The quantitative estimate of drug-likeness (QED) is 0.635. The molecule has 1 aromatic carbocycles. The number of nitrogens with zero attached hydrogens (tertiary/aromatic N) is 2. The van der Waals surface area contributed by atoms with Crippen molar-refractivity contribution in [2.45, 2.75) is 19.3 Å². The minimum atomic E-state index is -0.536. The van der Waals surface area contributed by atoms with Crippen molar-refractivity contribution < 1.29 is 14.8 Å². The molecule has 2 aliphatic rings. The Morgan fingerprint density at radius 2 is 2.00 bits per heavy atom. The standard InChI is InChI=1S/C18H17N3O3.H2S/c22-16(20-24)12-4-5-13-10-18(11-14(13)9-12)6-8-21(17(18)23)15-3-1-2-7-19-15;/h1-5,7,9,24H,6,8,10-11H2,(H,20,22);1H2/t18-;/m0./s1. The van der Waals surface area contributed by atoms with E-state index in [2.05, 4.69) is 4.98 Å². The molecule has 2 N–H and O–H groups in total. The number of hydrogen-bond acceptors (Lipinski definition) is 4. The maximum Gasteiger partial charge on any atom is 0.274 e. The van der Waals surface area contributed by atoms with Crippen LogP contribution in [0.5, 0.6) is 0 Å². The van der Waals surface area contributed by atoms with E-state index in [1.165, 1.54) is 0 Å². The Hall–Kier alpha value is -2.38. The van der Waals surface area contributed by atoms with Crippen LogP contribution in [0.4, 0.5) is 5.82 Å². The van der Waals surface area contributed by atoms with Crippen LogP contribution in [0.1, 0.15) is 27.9 Å². The van der Waals surface area contributed by atoms with Gasteiger partial charge >= 0.3 is 0 Å². The van der Waals surface area contributed by atoms with Gasteiger partial charge in [-0.1, -0.05) is 12.1 Å². The minimum absolute atomic E-state index is 0. The molecule has 1 aliphatic heterocycles. The molecule has 130 valence electrons. The number of fused-ring (bicyclic) bond motifs is 1. The molecule has 0 bridgehead atoms. The van der Waals surface area contributed by atoms with Crippen LogP contribution in [0.25, 0.3) is 0 Å². The molecule has 6 nitrogen and oxygen atoms in total. The molecule has 0 saturated carbocycles. The fraction of sp³-hybridized carbons (Fsp3) is 0.278. The second-order valence-electron chi connectivity index (χ2n) is 6.45. The van der Waals surface area contributed by atoms with E-state index in [4.69, 9.17) is 5.21 Å². The lowest BCUT2D eigenvalue weighted by Gasteiger charge is -2.22. The molecule has 2 amide bonds. The molecular formula is C18H19N3O3S. The minimum Gasteiger partial charge on any atom is -0.296 e. The molecule has 4 rings (SSSR count). The van der Waals surface area contributed by atoms with Crippen LogP contribution in [0.3, 0.4) is 0 Å². The fourth-order valence-electron chi connectivity index (χ4n) is 3.84. The van der Waals surface area contributed by atoms with Crippen LogP contribution >= 0.6 is 13.5 Å². The van der Waals surface area contributed by atoms with Crippen molar-refractivity contribution in [2.75, 3.05) is 11.4 Å². The predicted molar refractivity (Wildman–Crippen MR) is 97.1 cm³/mol. The summed E-state index contributed by atoms with van der Waals surface area (Å²) in [5, 5.41) is 8.78. The normalized spacial score (nSPS) is 21.2. The summed E-state index contributed by atoms with van der Waals surface area (Å²) in [6, 6.07) is 10.9. The third-order valence-corrected chi connectivity index (χ3v) is 5.07. The first-order valence-corrected chi connectivity index (χ1v) is 7.92. The predicted octanol–water partition coefficient (Wildman–Crippen LogP) is 1.84. The van der Waals surface area contributed by atoms with Gasteiger partial charge < -0.3 is 0 Å². The van der Waals surface area contributed by atoms with Gasteiger partial charge in [-0.15, -0.1) is 0 Å².